The van der Waals surface area contributed by atoms with E-state index < -0.39 is 18.0 Å². The van der Waals surface area contributed by atoms with Crippen molar-refractivity contribution in [2.24, 2.45) is 5.92 Å². The van der Waals surface area contributed by atoms with Crippen molar-refractivity contribution in [2.45, 2.75) is 18.8 Å². The summed E-state index contributed by atoms with van der Waals surface area (Å²) in [5, 5.41) is 23.2. The number of imide groups is 1. The van der Waals surface area contributed by atoms with Gasteiger partial charge in [0.1, 0.15) is 5.75 Å². The Morgan fingerprint density at radius 2 is 1.54 bits per heavy atom. The largest absolute Gasteiger partial charge is 0.497 e. The maximum absolute atomic E-state index is 14.0. The van der Waals surface area contributed by atoms with E-state index in [1.807, 2.05) is 42.5 Å². The number of nitrogens with zero attached hydrogens (tertiary/aromatic N) is 2. The van der Waals surface area contributed by atoms with E-state index in [2.05, 4.69) is 0 Å². The first-order chi connectivity index (χ1) is 22.4. The summed E-state index contributed by atoms with van der Waals surface area (Å²) in [5.41, 5.74) is 7.05. The molecule has 9 rings (SSSR count). The highest BCUT2D eigenvalue weighted by atomic mass is 16.5. The van der Waals surface area contributed by atoms with Crippen molar-refractivity contribution < 1.29 is 29.3 Å². The molecular weight excluding hydrogens is 580 g/mol. The lowest BCUT2D eigenvalue weighted by Gasteiger charge is -2.44. The third kappa shape index (κ3) is 3.32. The lowest BCUT2D eigenvalue weighted by Crippen LogP contribution is -2.46. The number of benzene rings is 4. The molecule has 5 aliphatic rings. The molecule has 3 aliphatic carbocycles. The van der Waals surface area contributed by atoms with Crippen molar-refractivity contribution in [3.8, 4) is 5.75 Å². The standard InChI is InChI=1S/C38H26N2O6/c1-46-21-8-6-20(7-9-21)39-35(42)26-14-10-22-24-12-16-28-34-29(38(45)40(37(28)44)30-5-3-2-4-19(30)18-41)17-13-25(32(24)34)23-11-15-27(36(39)43)33(26)31(22)23/h2-17,24,32,35,41-42H,18H2,1H3. The van der Waals surface area contributed by atoms with E-state index in [-0.39, 0.29) is 24.3 Å². The fourth-order valence-corrected chi connectivity index (χ4v) is 7.95. The van der Waals surface area contributed by atoms with Crippen molar-refractivity contribution in [1.29, 1.82) is 0 Å². The number of hydrogen-bond donors (Lipinski definition) is 2. The molecular formula is C38H26N2O6. The Kier molecular flexibility index (Phi) is 5.52. The van der Waals surface area contributed by atoms with Gasteiger partial charge in [0.05, 0.1) is 19.4 Å². The quantitative estimate of drug-likeness (QED) is 0.299. The molecule has 0 saturated carbocycles. The molecule has 8 heteroatoms. The zero-order valence-corrected chi connectivity index (χ0v) is 24.6. The highest BCUT2D eigenvalue weighted by molar-refractivity contribution is 6.32. The molecule has 3 unspecified atom stereocenters. The zero-order valence-electron chi connectivity index (χ0n) is 24.6. The van der Waals surface area contributed by atoms with Crippen LogP contribution < -0.4 is 14.5 Å². The van der Waals surface area contributed by atoms with Gasteiger partial charge >= 0.3 is 0 Å². The first-order valence-electron chi connectivity index (χ1n) is 15.1. The van der Waals surface area contributed by atoms with Gasteiger partial charge in [-0.25, -0.2) is 4.90 Å². The minimum absolute atomic E-state index is 0.186. The molecule has 3 atom stereocenters. The summed E-state index contributed by atoms with van der Waals surface area (Å²) in [4.78, 5) is 44.6. The Balaban J connectivity index is 1.21. The number of rotatable bonds is 4. The van der Waals surface area contributed by atoms with E-state index in [4.69, 9.17) is 4.74 Å². The molecule has 0 bridgehead atoms. The number of hydrogen-bond acceptors (Lipinski definition) is 6. The highest BCUT2D eigenvalue weighted by Crippen LogP contribution is 2.58. The van der Waals surface area contributed by atoms with Crippen LogP contribution in [0, 0.1) is 5.92 Å². The van der Waals surface area contributed by atoms with Gasteiger partial charge in [-0.15, -0.1) is 0 Å². The number of para-hydroxylation sites is 1. The predicted molar refractivity (Wildman–Crippen MR) is 172 cm³/mol. The van der Waals surface area contributed by atoms with Crippen LogP contribution in [0.1, 0.15) is 44.8 Å². The first kappa shape index (κ1) is 26.8. The average Bonchev–Trinajstić information content (AvgIpc) is 3.09. The SMILES string of the molecule is COc1ccc(N2C(=O)c3ccc4c5c(ccc(c35)C2O)C2C=CC3=C5C(=CC=C4C52)C(=O)N(c2ccccc2CO)C3=O)cc1. The van der Waals surface area contributed by atoms with Gasteiger partial charge in [0.15, 0.2) is 6.23 Å². The monoisotopic (exact) mass is 606 g/mol. The van der Waals surface area contributed by atoms with Gasteiger partial charge in [-0.2, -0.15) is 0 Å². The van der Waals surface area contributed by atoms with Crippen LogP contribution in [0.25, 0.3) is 16.3 Å². The van der Waals surface area contributed by atoms with Crippen molar-refractivity contribution in [3.05, 3.63) is 142 Å². The van der Waals surface area contributed by atoms with E-state index in [1.54, 1.807) is 61.7 Å². The van der Waals surface area contributed by atoms with Crippen LogP contribution >= 0.6 is 0 Å². The van der Waals surface area contributed by atoms with Crippen LogP contribution in [0.4, 0.5) is 11.4 Å². The van der Waals surface area contributed by atoms with Crippen LogP contribution in [0.5, 0.6) is 5.75 Å². The normalized spacial score (nSPS) is 22.2. The molecule has 4 aromatic rings. The number of allylic oxidation sites excluding steroid dienone is 4. The number of methoxy groups -OCH3 is 1. The molecule has 0 fully saturated rings. The Morgan fingerprint density at radius 3 is 2.33 bits per heavy atom. The molecule has 4 aromatic carbocycles. The fraction of sp³-hybridized carbons (Fsp3) is 0.132. The Labute approximate surface area is 263 Å². The second-order valence-corrected chi connectivity index (χ2v) is 12.0. The molecule has 2 aliphatic heterocycles. The summed E-state index contributed by atoms with van der Waals surface area (Å²) in [7, 11) is 1.57. The second kappa shape index (κ2) is 9.47. The van der Waals surface area contributed by atoms with Crippen LogP contribution in [0.3, 0.4) is 0 Å². The van der Waals surface area contributed by atoms with Crippen LogP contribution in [0.15, 0.2) is 114 Å². The molecule has 224 valence electrons. The Hall–Kier alpha value is -5.57. The van der Waals surface area contributed by atoms with Gasteiger partial charge in [-0.05, 0) is 70.1 Å². The molecule has 0 spiro atoms. The fourth-order valence-electron chi connectivity index (χ4n) is 7.95. The minimum atomic E-state index is -1.19. The lowest BCUT2D eigenvalue weighted by molar-refractivity contribution is -0.123. The van der Waals surface area contributed by atoms with Crippen LogP contribution in [-0.2, 0) is 16.2 Å². The van der Waals surface area contributed by atoms with Gasteiger partial charge in [0.2, 0.25) is 0 Å². The van der Waals surface area contributed by atoms with E-state index in [9.17, 15) is 24.6 Å². The number of amides is 3. The Bertz CT molecular complexity index is 2220. The smallest absolute Gasteiger partial charge is 0.265 e. The number of fused-ring (bicyclic) bond motifs is 2. The summed E-state index contributed by atoms with van der Waals surface area (Å²) < 4.78 is 5.27. The summed E-state index contributed by atoms with van der Waals surface area (Å²) in [6.45, 7) is -0.303. The van der Waals surface area contributed by atoms with Crippen molar-refractivity contribution in [3.63, 3.8) is 0 Å². The number of carbonyl (C=O) groups excluding carboxylic acids is 3. The second-order valence-electron chi connectivity index (χ2n) is 12.0. The summed E-state index contributed by atoms with van der Waals surface area (Å²) in [6.07, 6.45) is 6.37. The van der Waals surface area contributed by atoms with E-state index in [1.165, 1.54) is 9.80 Å². The Morgan fingerprint density at radius 1 is 0.804 bits per heavy atom. The van der Waals surface area contributed by atoms with E-state index in [0.29, 0.717) is 50.5 Å². The van der Waals surface area contributed by atoms with Gasteiger partial charge in [-0.3, -0.25) is 19.3 Å². The zero-order chi connectivity index (χ0) is 31.4. The number of aliphatic hydroxyl groups excluding tert-OH is 2. The van der Waals surface area contributed by atoms with E-state index in [0.717, 1.165) is 27.5 Å². The maximum atomic E-state index is 14.0. The van der Waals surface area contributed by atoms with Gasteiger partial charge in [-0.1, -0.05) is 54.6 Å². The average molecular weight is 607 g/mol. The lowest BCUT2D eigenvalue weighted by atomic mass is 9.61. The number of ether oxygens (including phenoxy) is 1. The third-order valence-corrected chi connectivity index (χ3v) is 9.97. The third-order valence-electron chi connectivity index (χ3n) is 9.97. The topological polar surface area (TPSA) is 107 Å². The minimum Gasteiger partial charge on any atom is -0.497 e. The van der Waals surface area contributed by atoms with Crippen molar-refractivity contribution in [2.75, 3.05) is 16.9 Å². The van der Waals surface area contributed by atoms with Crippen LogP contribution in [-0.4, -0.2) is 35.0 Å². The molecule has 0 aromatic heterocycles. The van der Waals surface area contributed by atoms with Crippen molar-refractivity contribution >= 4 is 45.4 Å². The number of anilines is 2. The molecule has 0 radical (unpaired) electrons. The first-order valence-corrected chi connectivity index (χ1v) is 15.1. The van der Waals surface area contributed by atoms with E-state index >= 15 is 0 Å². The van der Waals surface area contributed by atoms with Gasteiger partial charge in [0.25, 0.3) is 17.7 Å². The maximum Gasteiger partial charge on any atom is 0.265 e. The van der Waals surface area contributed by atoms with Gasteiger partial charge < -0.3 is 14.9 Å². The molecule has 2 heterocycles. The van der Waals surface area contributed by atoms with Crippen LogP contribution in [0.2, 0.25) is 0 Å². The summed E-state index contributed by atoms with van der Waals surface area (Å²) in [6, 6.07) is 21.5. The van der Waals surface area contributed by atoms with Gasteiger partial charge in [0, 0.05) is 50.7 Å². The van der Waals surface area contributed by atoms with Crippen molar-refractivity contribution in [1.82, 2.24) is 0 Å². The number of aliphatic hydroxyl groups is 2. The molecule has 0 saturated heterocycles. The molecule has 8 nitrogen and oxygen atoms in total. The molecule has 46 heavy (non-hydrogen) atoms. The summed E-state index contributed by atoms with van der Waals surface area (Å²) >= 11 is 0. The molecule has 2 N–H and O–H groups in total. The molecule has 3 amide bonds. The predicted octanol–water partition coefficient (Wildman–Crippen LogP) is 5.47. The summed E-state index contributed by atoms with van der Waals surface area (Å²) in [5.74, 6) is -0.942. The number of carbonyl (C=O) groups is 3. The highest BCUT2D eigenvalue weighted by Gasteiger charge is 2.49.